The molecule has 2 aromatic rings. The molecule has 24 heavy (non-hydrogen) atoms. The Balaban J connectivity index is 1.78. The smallest absolute Gasteiger partial charge is 0.308 e. The van der Waals surface area contributed by atoms with Crippen molar-refractivity contribution < 1.29 is 14.3 Å². The molecule has 2 aromatic carbocycles. The lowest BCUT2D eigenvalue weighted by molar-refractivity contribution is -0.131. The number of carbonyl (C=O) groups is 1. The monoisotopic (exact) mass is 325 g/mol. The summed E-state index contributed by atoms with van der Waals surface area (Å²) in [5.74, 6) is 1.25. The molecule has 1 fully saturated rings. The highest BCUT2D eigenvalue weighted by Gasteiger charge is 2.30. The van der Waals surface area contributed by atoms with E-state index in [2.05, 4.69) is 36.2 Å². The molecule has 0 saturated carbocycles. The lowest BCUT2D eigenvalue weighted by Crippen LogP contribution is -2.42. The molecule has 0 amide bonds. The first-order valence-electron chi connectivity index (χ1n) is 8.30. The summed E-state index contributed by atoms with van der Waals surface area (Å²) < 4.78 is 11.4. The van der Waals surface area contributed by atoms with Crippen molar-refractivity contribution in [2.45, 2.75) is 25.4 Å². The molecule has 1 aliphatic rings. The van der Waals surface area contributed by atoms with Gasteiger partial charge in [-0.3, -0.25) is 4.79 Å². The molecular weight excluding hydrogens is 302 g/mol. The van der Waals surface area contributed by atoms with Crippen LogP contribution in [0.4, 0.5) is 0 Å². The average Bonchev–Trinajstić information content (AvgIpc) is 2.57. The van der Waals surface area contributed by atoms with E-state index in [0.29, 0.717) is 11.7 Å². The first kappa shape index (κ1) is 16.5. The molecule has 126 valence electrons. The van der Waals surface area contributed by atoms with Crippen LogP contribution in [0.25, 0.3) is 0 Å². The van der Waals surface area contributed by atoms with Crippen molar-refractivity contribution in [2.24, 2.45) is 0 Å². The summed E-state index contributed by atoms with van der Waals surface area (Å²) in [4.78, 5) is 13.5. The third kappa shape index (κ3) is 4.15. The summed E-state index contributed by atoms with van der Waals surface area (Å²) in [6.07, 6.45) is 1.07. The first-order chi connectivity index (χ1) is 11.6. The van der Waals surface area contributed by atoms with Gasteiger partial charge in [0.25, 0.3) is 0 Å². The van der Waals surface area contributed by atoms with E-state index in [0.717, 1.165) is 25.3 Å². The van der Waals surface area contributed by atoms with Crippen molar-refractivity contribution in [3.63, 3.8) is 0 Å². The van der Waals surface area contributed by atoms with Crippen LogP contribution in [0.2, 0.25) is 0 Å². The van der Waals surface area contributed by atoms with Crippen molar-refractivity contribution in [3.8, 4) is 11.5 Å². The zero-order chi connectivity index (χ0) is 16.9. The maximum atomic E-state index is 11.1. The number of nitrogens with zero attached hydrogens (tertiary/aromatic N) is 1. The maximum absolute atomic E-state index is 11.1. The highest BCUT2D eigenvalue weighted by molar-refractivity contribution is 5.69. The topological polar surface area (TPSA) is 38.8 Å². The first-order valence-corrected chi connectivity index (χ1v) is 8.30. The number of carbonyl (C=O) groups excluding carboxylic acids is 1. The predicted molar refractivity (Wildman–Crippen MR) is 93.5 cm³/mol. The lowest BCUT2D eigenvalue weighted by Gasteiger charge is -2.37. The number of esters is 1. The molecule has 0 aromatic heterocycles. The number of rotatable bonds is 4. The van der Waals surface area contributed by atoms with Crippen molar-refractivity contribution in [2.75, 3.05) is 20.1 Å². The minimum atomic E-state index is -0.325. The van der Waals surface area contributed by atoms with Crippen molar-refractivity contribution in [3.05, 3.63) is 60.2 Å². The van der Waals surface area contributed by atoms with Crippen LogP contribution in [0.1, 0.15) is 24.8 Å². The van der Waals surface area contributed by atoms with Crippen LogP contribution in [0.3, 0.4) is 0 Å². The largest absolute Gasteiger partial charge is 0.490 e. The quantitative estimate of drug-likeness (QED) is 0.637. The number of hydrogen-bond acceptors (Lipinski definition) is 4. The normalized spacial score (nSPS) is 21.2. The van der Waals surface area contributed by atoms with Crippen molar-refractivity contribution >= 4 is 5.97 Å². The Labute approximate surface area is 143 Å². The fourth-order valence-corrected chi connectivity index (χ4v) is 3.21. The highest BCUT2D eigenvalue weighted by Crippen LogP contribution is 2.31. The van der Waals surface area contributed by atoms with Gasteiger partial charge in [0.1, 0.15) is 17.6 Å². The van der Waals surface area contributed by atoms with E-state index in [4.69, 9.17) is 9.47 Å². The summed E-state index contributed by atoms with van der Waals surface area (Å²) >= 11 is 0. The Hall–Kier alpha value is -2.33. The molecule has 0 aliphatic carbocycles. The van der Waals surface area contributed by atoms with E-state index in [1.807, 2.05) is 18.2 Å². The number of likely N-dealkylation sites (tertiary alicyclic amines) is 1. The van der Waals surface area contributed by atoms with Gasteiger partial charge in [-0.25, -0.2) is 0 Å². The predicted octanol–water partition coefficient (Wildman–Crippen LogP) is 3.48. The second-order valence-electron chi connectivity index (χ2n) is 6.29. The zero-order valence-electron chi connectivity index (χ0n) is 14.1. The second-order valence-corrected chi connectivity index (χ2v) is 6.29. The van der Waals surface area contributed by atoms with Crippen LogP contribution >= 0.6 is 0 Å². The number of hydrogen-bond donors (Lipinski definition) is 0. The molecule has 4 heteroatoms. The van der Waals surface area contributed by atoms with Gasteiger partial charge in [0.05, 0.1) is 0 Å². The van der Waals surface area contributed by atoms with Gasteiger partial charge in [0.2, 0.25) is 0 Å². The maximum Gasteiger partial charge on any atom is 0.308 e. The highest BCUT2D eigenvalue weighted by atomic mass is 16.5. The van der Waals surface area contributed by atoms with Gasteiger partial charge < -0.3 is 14.4 Å². The molecule has 3 rings (SSSR count). The zero-order valence-corrected chi connectivity index (χ0v) is 14.1. The van der Waals surface area contributed by atoms with Gasteiger partial charge >= 0.3 is 5.97 Å². The molecule has 1 saturated heterocycles. The third-order valence-corrected chi connectivity index (χ3v) is 4.33. The van der Waals surface area contributed by atoms with Crippen LogP contribution in [-0.4, -0.2) is 37.1 Å². The van der Waals surface area contributed by atoms with Crippen LogP contribution in [-0.2, 0) is 4.79 Å². The Morgan fingerprint density at radius 1 is 1.08 bits per heavy atom. The van der Waals surface area contributed by atoms with Crippen LogP contribution in [0.5, 0.6) is 11.5 Å². The Morgan fingerprint density at radius 2 is 1.83 bits per heavy atom. The standard InChI is InChI=1S/C20H23NO3/c1-15(22)23-17-9-6-10-18(13-17)24-20-11-12-21(2)14-19(20)16-7-4-3-5-8-16/h3-10,13,19-20H,11-12,14H2,1-2H3. The summed E-state index contributed by atoms with van der Waals surface area (Å²) in [5.41, 5.74) is 1.30. The van der Waals surface area contributed by atoms with Gasteiger partial charge in [-0.15, -0.1) is 0 Å². The Bertz CT molecular complexity index is 686. The summed E-state index contributed by atoms with van der Waals surface area (Å²) in [6, 6.07) is 17.8. The molecule has 1 heterocycles. The number of piperidine rings is 1. The number of likely N-dealkylation sites (N-methyl/N-ethyl adjacent to an activating group) is 1. The second kappa shape index (κ2) is 7.49. The molecule has 4 nitrogen and oxygen atoms in total. The lowest BCUT2D eigenvalue weighted by atomic mass is 9.88. The molecule has 0 radical (unpaired) electrons. The van der Waals surface area contributed by atoms with Gasteiger partial charge in [-0.05, 0) is 31.2 Å². The van der Waals surface area contributed by atoms with E-state index >= 15 is 0 Å². The minimum Gasteiger partial charge on any atom is -0.490 e. The van der Waals surface area contributed by atoms with E-state index < -0.39 is 0 Å². The van der Waals surface area contributed by atoms with Gasteiger partial charge in [0.15, 0.2) is 0 Å². The average molecular weight is 325 g/mol. The Kier molecular flexibility index (Phi) is 5.16. The summed E-state index contributed by atoms with van der Waals surface area (Å²) in [7, 11) is 2.15. The van der Waals surface area contributed by atoms with Gasteiger partial charge in [-0.1, -0.05) is 36.4 Å². The number of ether oxygens (including phenoxy) is 2. The number of benzene rings is 2. The minimum absolute atomic E-state index is 0.108. The molecule has 0 N–H and O–H groups in total. The molecule has 2 atom stereocenters. The Morgan fingerprint density at radius 3 is 2.58 bits per heavy atom. The molecule has 2 unspecified atom stereocenters. The summed E-state index contributed by atoms with van der Waals surface area (Å²) in [5, 5.41) is 0. The van der Waals surface area contributed by atoms with Crippen LogP contribution in [0.15, 0.2) is 54.6 Å². The van der Waals surface area contributed by atoms with E-state index in [9.17, 15) is 4.79 Å². The molecule has 0 bridgehead atoms. The molecular formula is C20H23NO3. The van der Waals surface area contributed by atoms with Crippen LogP contribution < -0.4 is 9.47 Å². The van der Waals surface area contributed by atoms with E-state index in [-0.39, 0.29) is 12.1 Å². The van der Waals surface area contributed by atoms with Crippen molar-refractivity contribution in [1.82, 2.24) is 4.90 Å². The van der Waals surface area contributed by atoms with Gasteiger partial charge in [0, 0.05) is 32.0 Å². The fraction of sp³-hybridized carbons (Fsp3) is 0.350. The van der Waals surface area contributed by atoms with Crippen LogP contribution in [0, 0.1) is 0 Å². The van der Waals surface area contributed by atoms with E-state index in [1.54, 1.807) is 12.1 Å². The third-order valence-electron chi connectivity index (χ3n) is 4.33. The summed E-state index contributed by atoms with van der Waals surface area (Å²) in [6.45, 7) is 3.38. The van der Waals surface area contributed by atoms with E-state index in [1.165, 1.54) is 12.5 Å². The molecule has 0 spiro atoms. The molecule has 1 aliphatic heterocycles. The van der Waals surface area contributed by atoms with Gasteiger partial charge in [-0.2, -0.15) is 0 Å². The van der Waals surface area contributed by atoms with Crippen molar-refractivity contribution in [1.29, 1.82) is 0 Å². The fourth-order valence-electron chi connectivity index (χ4n) is 3.21. The SMILES string of the molecule is CC(=O)Oc1cccc(OC2CCN(C)CC2c2ccccc2)c1.